The van der Waals surface area contributed by atoms with E-state index in [9.17, 15) is 0 Å². The second-order valence-electron chi connectivity index (χ2n) is 18.7. The van der Waals surface area contributed by atoms with Gasteiger partial charge >= 0.3 is 0 Å². The molecule has 0 aliphatic carbocycles. The maximum Gasteiger partial charge on any atom is 0.0492 e. The van der Waals surface area contributed by atoms with Crippen molar-refractivity contribution >= 4 is 0 Å². The van der Waals surface area contributed by atoms with Gasteiger partial charge < -0.3 is 0 Å². The molecule has 0 radical (unpaired) electrons. The zero-order valence-electron chi connectivity index (χ0n) is 35.9. The summed E-state index contributed by atoms with van der Waals surface area (Å²) in [5.74, 6) is 0. The highest BCUT2D eigenvalue weighted by Crippen LogP contribution is 2.24. The molecule has 0 unspecified atom stereocenters. The summed E-state index contributed by atoms with van der Waals surface area (Å²) in [7, 11) is 0. The van der Waals surface area contributed by atoms with Crippen LogP contribution in [0.15, 0.2) is 122 Å². The highest BCUT2D eigenvalue weighted by molar-refractivity contribution is 5.23. The van der Waals surface area contributed by atoms with Crippen molar-refractivity contribution in [1.29, 1.82) is 0 Å². The molecule has 4 heteroatoms. The molecule has 4 nitrogen and oxygen atoms in total. The zero-order chi connectivity index (χ0) is 39.8. The third-order valence-corrected chi connectivity index (χ3v) is 8.19. The average molecular weight is 705 g/mol. The highest BCUT2D eigenvalue weighted by Gasteiger charge is 2.19. The van der Waals surface area contributed by atoms with Crippen molar-refractivity contribution < 1.29 is 0 Å². The van der Waals surface area contributed by atoms with E-state index in [0.29, 0.717) is 16.9 Å². The number of aromatic nitrogens is 4. The first-order valence-electron chi connectivity index (χ1n) is 18.8. The predicted molar refractivity (Wildman–Crippen MR) is 227 cm³/mol. The Bertz CT molecular complexity index is 1420. The minimum absolute atomic E-state index is 0.182. The van der Waals surface area contributed by atoms with Crippen LogP contribution in [-0.2, 0) is 27.1 Å². The predicted octanol–water partition coefficient (Wildman–Crippen LogP) is 13.5. The van der Waals surface area contributed by atoms with E-state index in [0.717, 1.165) is 5.69 Å². The molecule has 0 saturated heterocycles. The first kappa shape index (κ1) is 46.0. The lowest BCUT2D eigenvalue weighted by Gasteiger charge is -2.22. The number of nitrogens with zero attached hydrogens (tertiary/aromatic N) is 4. The molecule has 0 spiro atoms. The molecule has 0 aliphatic heterocycles. The highest BCUT2D eigenvalue weighted by atomic mass is 15.3. The molecule has 0 fully saturated rings. The minimum atomic E-state index is 0.182. The van der Waals surface area contributed by atoms with Crippen LogP contribution in [0.1, 0.15) is 152 Å². The molecule has 2 aromatic carbocycles. The van der Waals surface area contributed by atoms with Crippen molar-refractivity contribution in [2.75, 3.05) is 0 Å². The Balaban J connectivity index is 0.000000326. The van der Waals surface area contributed by atoms with E-state index in [4.69, 9.17) is 0 Å². The Hall–Kier alpha value is -4.05. The first-order valence-corrected chi connectivity index (χ1v) is 18.8. The molecule has 52 heavy (non-hydrogen) atoms. The van der Waals surface area contributed by atoms with Crippen molar-refractivity contribution in [3.63, 3.8) is 0 Å². The maximum atomic E-state index is 4.30. The van der Waals surface area contributed by atoms with Gasteiger partial charge in [0.25, 0.3) is 0 Å². The second kappa shape index (κ2) is 20.3. The molecule has 5 aromatic rings. The molecule has 0 saturated carbocycles. The van der Waals surface area contributed by atoms with Crippen LogP contribution < -0.4 is 0 Å². The van der Waals surface area contributed by atoms with E-state index < -0.39 is 0 Å². The molecule has 3 heterocycles. The number of pyridine rings is 2. The van der Waals surface area contributed by atoms with Crippen LogP contribution in [0.25, 0.3) is 0 Å². The largest absolute Gasteiger partial charge is 0.267 e. The lowest BCUT2D eigenvalue weighted by Crippen LogP contribution is -2.19. The second-order valence-corrected chi connectivity index (χ2v) is 18.7. The number of hydrogen-bond donors (Lipinski definition) is 0. The van der Waals surface area contributed by atoms with Crippen LogP contribution in [0.2, 0.25) is 0 Å². The molecule has 0 bridgehead atoms. The standard InChI is InChI=1S/C10H18N2.2C10H14.2C9H13N/c1-8(2)12-9(6-7-11-12)10(3,4)5;2*1-10(2,3)9-7-5-4-6-8-9;1-9(2,3)8-4-6-10-7-5-8;1-9(2,3)8-6-4-5-7-10-8/h6-8H,1-5H3;2*4-8H,1-3H3;2*4-7H,1-3H3. The van der Waals surface area contributed by atoms with E-state index in [2.05, 4.69) is 222 Å². The molecular formula is C48H72N4. The van der Waals surface area contributed by atoms with Crippen molar-refractivity contribution in [2.45, 2.75) is 151 Å². The fourth-order valence-electron chi connectivity index (χ4n) is 4.85. The van der Waals surface area contributed by atoms with Gasteiger partial charge in [-0.05, 0) is 77.1 Å². The van der Waals surface area contributed by atoms with Crippen molar-refractivity contribution in [1.82, 2.24) is 19.7 Å². The summed E-state index contributed by atoms with van der Waals surface area (Å²) in [6.45, 7) is 37.4. The average Bonchev–Trinajstić information content (AvgIpc) is 3.58. The van der Waals surface area contributed by atoms with E-state index in [1.165, 1.54) is 22.4 Å². The fourth-order valence-corrected chi connectivity index (χ4v) is 4.85. The molecule has 5 rings (SSSR count). The van der Waals surface area contributed by atoms with E-state index >= 15 is 0 Å². The third-order valence-electron chi connectivity index (χ3n) is 8.19. The lowest BCUT2D eigenvalue weighted by molar-refractivity contribution is 0.446. The van der Waals surface area contributed by atoms with Gasteiger partial charge in [0, 0.05) is 53.0 Å². The van der Waals surface area contributed by atoms with Crippen molar-refractivity contribution in [3.8, 4) is 0 Å². The van der Waals surface area contributed by atoms with Crippen LogP contribution in [0.3, 0.4) is 0 Å². The van der Waals surface area contributed by atoms with Gasteiger partial charge in [0.1, 0.15) is 0 Å². The third kappa shape index (κ3) is 17.9. The summed E-state index contributed by atoms with van der Waals surface area (Å²) in [6.07, 6.45) is 7.38. The fraction of sp³-hybridized carbons (Fsp3) is 0.479. The van der Waals surface area contributed by atoms with E-state index in [1.807, 2.05) is 36.9 Å². The summed E-state index contributed by atoms with van der Waals surface area (Å²) >= 11 is 0. The SMILES string of the molecule is CC(C)(C)c1ccccc1.CC(C)(C)c1ccccc1.CC(C)(C)c1ccccn1.CC(C)(C)c1ccncc1.CC(C)n1nccc1C(C)(C)C. The van der Waals surface area contributed by atoms with Gasteiger partial charge in [0.05, 0.1) is 0 Å². The number of hydrogen-bond acceptors (Lipinski definition) is 3. The Morgan fingerprint density at radius 1 is 0.404 bits per heavy atom. The summed E-state index contributed by atoms with van der Waals surface area (Å²) < 4.78 is 2.08. The van der Waals surface area contributed by atoms with E-state index in [1.54, 1.807) is 0 Å². The van der Waals surface area contributed by atoms with Gasteiger partial charge in [-0.1, -0.05) is 171 Å². The zero-order valence-corrected chi connectivity index (χ0v) is 35.9. The summed E-state index contributed by atoms with van der Waals surface area (Å²) in [4.78, 5) is 8.21. The maximum absolute atomic E-state index is 4.30. The van der Waals surface area contributed by atoms with E-state index in [-0.39, 0.29) is 16.2 Å². The normalized spacial score (nSPS) is 11.7. The van der Waals surface area contributed by atoms with Crippen LogP contribution in [0, 0.1) is 0 Å². The number of benzene rings is 2. The first-order chi connectivity index (χ1) is 23.8. The molecule has 284 valence electrons. The monoisotopic (exact) mass is 705 g/mol. The molecule has 0 atom stereocenters. The Labute approximate surface area is 319 Å². The van der Waals surface area contributed by atoms with Crippen molar-refractivity contribution in [2.24, 2.45) is 0 Å². The van der Waals surface area contributed by atoms with Crippen LogP contribution in [0.4, 0.5) is 0 Å². The molecule has 0 aliphatic rings. The topological polar surface area (TPSA) is 43.6 Å². The minimum Gasteiger partial charge on any atom is -0.267 e. The smallest absolute Gasteiger partial charge is 0.0492 e. The van der Waals surface area contributed by atoms with Crippen LogP contribution in [-0.4, -0.2) is 19.7 Å². The number of rotatable bonds is 1. The quantitative estimate of drug-likeness (QED) is 0.174. The Morgan fingerprint density at radius 3 is 1.06 bits per heavy atom. The Kier molecular flexibility index (Phi) is 17.9. The van der Waals surface area contributed by atoms with Gasteiger partial charge in [-0.3, -0.25) is 14.6 Å². The van der Waals surface area contributed by atoms with Crippen LogP contribution in [0.5, 0.6) is 0 Å². The van der Waals surface area contributed by atoms with Gasteiger partial charge in [0.2, 0.25) is 0 Å². The van der Waals surface area contributed by atoms with Gasteiger partial charge in [0.15, 0.2) is 0 Å². The van der Waals surface area contributed by atoms with Crippen molar-refractivity contribution in [3.05, 3.63) is 150 Å². The van der Waals surface area contributed by atoms with Crippen LogP contribution >= 0.6 is 0 Å². The molecule has 0 amide bonds. The molecular weight excluding hydrogens is 633 g/mol. The summed E-state index contributed by atoms with van der Waals surface area (Å²) in [5, 5.41) is 4.30. The Morgan fingerprint density at radius 2 is 0.808 bits per heavy atom. The summed E-state index contributed by atoms with van der Waals surface area (Å²) in [5.41, 5.74) is 7.80. The van der Waals surface area contributed by atoms with Gasteiger partial charge in [-0.15, -0.1) is 0 Å². The lowest BCUT2D eigenvalue weighted by atomic mass is 9.87. The summed E-state index contributed by atoms with van der Waals surface area (Å²) in [6, 6.07) is 33.8. The molecule has 0 N–H and O–H groups in total. The molecule has 3 aromatic heterocycles. The van der Waals surface area contributed by atoms with Gasteiger partial charge in [-0.25, -0.2) is 0 Å². The van der Waals surface area contributed by atoms with Gasteiger partial charge in [-0.2, -0.15) is 5.10 Å².